The Balaban J connectivity index is 0.955. The number of thiophene rings is 1. The molecule has 0 spiro atoms. The van der Waals surface area contributed by atoms with Crippen LogP contribution in [0.3, 0.4) is 0 Å². The number of fused-ring (bicyclic) bond motifs is 7. The fraction of sp³-hybridized carbons (Fsp3) is 0. The average molecular weight is 796 g/mol. The van der Waals surface area contributed by atoms with E-state index in [2.05, 4.69) is 217 Å². The molecule has 0 saturated carbocycles. The smallest absolute Gasteiger partial charge is 0.136 e. The largest absolute Gasteiger partial charge is 0.456 e. The number of furan rings is 1. The van der Waals surface area contributed by atoms with Gasteiger partial charge in [0.25, 0.3) is 0 Å². The van der Waals surface area contributed by atoms with Crippen LogP contribution in [0.25, 0.3) is 97.4 Å². The summed E-state index contributed by atoms with van der Waals surface area (Å²) < 4.78 is 8.87. The number of rotatable bonds is 7. The first-order valence-corrected chi connectivity index (χ1v) is 21.6. The minimum Gasteiger partial charge on any atom is -0.456 e. The Kier molecular flexibility index (Phi) is 8.39. The zero-order valence-corrected chi connectivity index (χ0v) is 33.9. The van der Waals surface area contributed by atoms with E-state index in [4.69, 9.17) is 4.42 Å². The summed E-state index contributed by atoms with van der Waals surface area (Å²) in [6, 6.07) is 81.2. The molecule has 0 fully saturated rings. The lowest BCUT2D eigenvalue weighted by Crippen LogP contribution is -2.11. The van der Waals surface area contributed by atoms with Gasteiger partial charge >= 0.3 is 0 Å². The van der Waals surface area contributed by atoms with Gasteiger partial charge < -0.3 is 9.32 Å². The Hall–Kier alpha value is -7.72. The molecule has 0 aliphatic heterocycles. The summed E-state index contributed by atoms with van der Waals surface area (Å²) in [5.74, 6) is 0. The van der Waals surface area contributed by atoms with Crippen LogP contribution in [0.2, 0.25) is 0 Å². The minimum absolute atomic E-state index is 0.900. The Morgan fingerprint density at radius 3 is 1.66 bits per heavy atom. The fourth-order valence-electron chi connectivity index (χ4n) is 9.15. The van der Waals surface area contributed by atoms with Gasteiger partial charge in [0.15, 0.2) is 0 Å². The summed E-state index contributed by atoms with van der Waals surface area (Å²) >= 11 is 1.86. The topological polar surface area (TPSA) is 16.4 Å². The summed E-state index contributed by atoms with van der Waals surface area (Å²) in [5.41, 5.74) is 14.6. The first-order chi connectivity index (χ1) is 30.2. The minimum atomic E-state index is 0.900. The van der Waals surface area contributed by atoms with Crippen molar-refractivity contribution in [3.8, 4) is 44.5 Å². The van der Waals surface area contributed by atoms with E-state index in [0.717, 1.165) is 50.1 Å². The van der Waals surface area contributed by atoms with Crippen LogP contribution in [-0.2, 0) is 0 Å². The lowest BCUT2D eigenvalue weighted by atomic mass is 9.95. The molecule has 0 N–H and O–H groups in total. The SMILES string of the molecule is c1ccc(N(c2ccc(-c3ccc(-c4cccc5ccccc45)cc3)cc2)c2ccc(-c3ccc4c(c3)oc3ccccc34)cc2)c(-c2cccc3sc4ccccc4c23)c1. The van der Waals surface area contributed by atoms with E-state index < -0.39 is 0 Å². The second-order valence-corrected chi connectivity index (χ2v) is 16.7. The van der Waals surface area contributed by atoms with Crippen molar-refractivity contribution < 1.29 is 4.42 Å². The van der Waals surface area contributed by atoms with Crippen LogP contribution in [0.1, 0.15) is 0 Å². The molecule has 10 aromatic carbocycles. The van der Waals surface area contributed by atoms with Crippen molar-refractivity contribution in [1.82, 2.24) is 0 Å². The van der Waals surface area contributed by atoms with Crippen LogP contribution in [0, 0.1) is 0 Å². The number of para-hydroxylation sites is 2. The maximum Gasteiger partial charge on any atom is 0.136 e. The van der Waals surface area contributed by atoms with E-state index in [0.29, 0.717) is 0 Å². The van der Waals surface area contributed by atoms with E-state index in [1.807, 2.05) is 23.5 Å². The van der Waals surface area contributed by atoms with Crippen molar-refractivity contribution >= 4 is 81.3 Å². The third kappa shape index (κ3) is 6.09. The van der Waals surface area contributed by atoms with Crippen LogP contribution in [0.5, 0.6) is 0 Å². The van der Waals surface area contributed by atoms with Crippen LogP contribution < -0.4 is 4.90 Å². The van der Waals surface area contributed by atoms with Crippen LogP contribution in [0.15, 0.2) is 229 Å². The molecule has 2 aromatic heterocycles. The molecule has 0 radical (unpaired) electrons. The second-order valence-electron chi connectivity index (χ2n) is 15.6. The number of hydrogen-bond acceptors (Lipinski definition) is 3. The fourth-order valence-corrected chi connectivity index (χ4v) is 10.3. The predicted molar refractivity (Wildman–Crippen MR) is 261 cm³/mol. The van der Waals surface area contributed by atoms with E-state index in [1.165, 1.54) is 64.3 Å². The third-order valence-electron chi connectivity index (χ3n) is 12.1. The van der Waals surface area contributed by atoms with E-state index in [1.54, 1.807) is 0 Å². The summed E-state index contributed by atoms with van der Waals surface area (Å²) in [5, 5.41) is 7.39. The number of benzene rings is 10. The molecule has 3 heteroatoms. The van der Waals surface area contributed by atoms with Gasteiger partial charge in [0, 0.05) is 47.9 Å². The Labute approximate surface area is 357 Å². The van der Waals surface area contributed by atoms with E-state index >= 15 is 0 Å². The molecule has 0 aliphatic rings. The van der Waals surface area contributed by atoms with Gasteiger partial charge in [-0.15, -0.1) is 11.3 Å². The van der Waals surface area contributed by atoms with Crippen molar-refractivity contribution in [2.45, 2.75) is 0 Å². The van der Waals surface area contributed by atoms with Crippen LogP contribution in [0.4, 0.5) is 17.1 Å². The van der Waals surface area contributed by atoms with Gasteiger partial charge in [-0.2, -0.15) is 0 Å². The highest BCUT2D eigenvalue weighted by atomic mass is 32.1. The van der Waals surface area contributed by atoms with Gasteiger partial charge in [-0.05, 0) is 110 Å². The van der Waals surface area contributed by atoms with Crippen molar-refractivity contribution in [2.24, 2.45) is 0 Å². The number of hydrogen-bond donors (Lipinski definition) is 0. The molecular weight excluding hydrogens is 759 g/mol. The van der Waals surface area contributed by atoms with E-state index in [9.17, 15) is 0 Å². The van der Waals surface area contributed by atoms with Crippen molar-refractivity contribution in [1.29, 1.82) is 0 Å². The van der Waals surface area contributed by atoms with Gasteiger partial charge in [-0.3, -0.25) is 0 Å². The Morgan fingerprint density at radius 2 is 0.852 bits per heavy atom. The van der Waals surface area contributed by atoms with Gasteiger partial charge in [0.05, 0.1) is 5.69 Å². The monoisotopic (exact) mass is 795 g/mol. The summed E-state index contributed by atoms with van der Waals surface area (Å²) in [4.78, 5) is 2.41. The molecule has 286 valence electrons. The van der Waals surface area contributed by atoms with Crippen LogP contribution in [-0.4, -0.2) is 0 Å². The van der Waals surface area contributed by atoms with Crippen LogP contribution >= 0.6 is 11.3 Å². The predicted octanol–water partition coefficient (Wildman–Crippen LogP) is 17.2. The molecule has 0 unspecified atom stereocenters. The Bertz CT molecular complexity index is 3570. The molecule has 0 amide bonds. The van der Waals surface area contributed by atoms with Crippen molar-refractivity contribution in [3.05, 3.63) is 224 Å². The third-order valence-corrected chi connectivity index (χ3v) is 13.3. The number of anilines is 3. The molecule has 12 rings (SSSR count). The summed E-state index contributed by atoms with van der Waals surface area (Å²) in [7, 11) is 0. The second kappa shape index (κ2) is 14.5. The molecule has 2 nitrogen and oxygen atoms in total. The molecule has 0 saturated heterocycles. The lowest BCUT2D eigenvalue weighted by Gasteiger charge is -2.28. The lowest BCUT2D eigenvalue weighted by molar-refractivity contribution is 0.669. The molecule has 2 heterocycles. The maximum absolute atomic E-state index is 6.27. The van der Waals surface area contributed by atoms with Crippen molar-refractivity contribution in [2.75, 3.05) is 4.90 Å². The molecule has 0 aliphatic carbocycles. The average Bonchev–Trinajstić information content (AvgIpc) is 3.91. The first kappa shape index (κ1) is 35.2. The summed E-state index contributed by atoms with van der Waals surface area (Å²) in [6.07, 6.45) is 0. The molecule has 61 heavy (non-hydrogen) atoms. The molecule has 12 aromatic rings. The quantitative estimate of drug-likeness (QED) is 0.160. The van der Waals surface area contributed by atoms with Gasteiger partial charge in [0.1, 0.15) is 11.2 Å². The van der Waals surface area contributed by atoms with E-state index in [-0.39, 0.29) is 0 Å². The highest BCUT2D eigenvalue weighted by Crippen LogP contribution is 2.46. The van der Waals surface area contributed by atoms with Gasteiger partial charge in [0.2, 0.25) is 0 Å². The molecule has 0 atom stereocenters. The normalized spacial score (nSPS) is 11.6. The highest BCUT2D eigenvalue weighted by Gasteiger charge is 2.20. The number of nitrogens with zero attached hydrogens (tertiary/aromatic N) is 1. The molecular formula is C58H37NOS. The zero-order chi connectivity index (χ0) is 40.3. The maximum atomic E-state index is 6.27. The highest BCUT2D eigenvalue weighted by molar-refractivity contribution is 7.25. The summed E-state index contributed by atoms with van der Waals surface area (Å²) in [6.45, 7) is 0. The molecule has 0 bridgehead atoms. The standard InChI is InChI=1S/C58H37NOS/c1-2-13-46-41(11-1)12-9-17-47(46)42-25-23-38(24-26-42)39-27-32-44(33-28-39)59(45-34-29-40(30-35-45)43-31-36-50-49-15-4-7-20-54(49)60-55(50)37-43)53-19-6-3-14-48(53)51-18-10-22-57-58(51)52-16-5-8-21-56(52)61-57/h1-37H. The zero-order valence-electron chi connectivity index (χ0n) is 33.1. The Morgan fingerprint density at radius 1 is 0.328 bits per heavy atom. The van der Waals surface area contributed by atoms with Gasteiger partial charge in [-0.1, -0.05) is 164 Å². The van der Waals surface area contributed by atoms with Gasteiger partial charge in [-0.25, -0.2) is 0 Å². The van der Waals surface area contributed by atoms with Crippen molar-refractivity contribution in [3.63, 3.8) is 0 Å². The first-order valence-electron chi connectivity index (χ1n) is 20.7.